The Kier molecular flexibility index (Phi) is 4.86. The van der Waals surface area contributed by atoms with Gasteiger partial charge in [-0.2, -0.15) is 0 Å². The first kappa shape index (κ1) is 15.8. The van der Waals surface area contributed by atoms with E-state index in [1.54, 1.807) is 7.11 Å². The zero-order chi connectivity index (χ0) is 15.5. The Labute approximate surface area is 126 Å². The molecule has 0 aliphatic rings. The average Bonchev–Trinajstić information content (AvgIpc) is 2.53. The van der Waals surface area contributed by atoms with Gasteiger partial charge in [0.15, 0.2) is 0 Å². The van der Waals surface area contributed by atoms with Crippen LogP contribution >= 0.6 is 0 Å². The first-order valence-corrected chi connectivity index (χ1v) is 7.50. The van der Waals surface area contributed by atoms with Gasteiger partial charge < -0.3 is 15.6 Å². The summed E-state index contributed by atoms with van der Waals surface area (Å²) in [6.45, 7) is 4.37. The Bertz CT molecular complexity index is 611. The third-order valence-electron chi connectivity index (χ3n) is 4.60. The molecular weight excluding hydrogens is 262 g/mol. The van der Waals surface area contributed by atoms with Crippen LogP contribution in [0.25, 0.3) is 10.8 Å². The van der Waals surface area contributed by atoms with Gasteiger partial charge in [-0.25, -0.2) is 0 Å². The minimum absolute atomic E-state index is 0.0281. The molecule has 0 radical (unpaired) electrons. The van der Waals surface area contributed by atoms with Crippen molar-refractivity contribution in [1.82, 2.24) is 0 Å². The van der Waals surface area contributed by atoms with Crippen LogP contribution in [0.3, 0.4) is 0 Å². The monoisotopic (exact) mass is 287 g/mol. The molecule has 0 aliphatic heterocycles. The molecule has 0 saturated carbocycles. The van der Waals surface area contributed by atoms with Gasteiger partial charge in [0.1, 0.15) is 5.75 Å². The fraction of sp³-hybridized carbons (Fsp3) is 0.444. The maximum absolute atomic E-state index is 9.42. The molecule has 2 atom stereocenters. The third-order valence-corrected chi connectivity index (χ3v) is 4.60. The molecule has 0 bridgehead atoms. The lowest BCUT2D eigenvalue weighted by atomic mass is 9.72. The van der Waals surface area contributed by atoms with Crippen LogP contribution in [0.15, 0.2) is 36.4 Å². The molecule has 2 rings (SSSR count). The fourth-order valence-electron chi connectivity index (χ4n) is 2.93. The molecule has 114 valence electrons. The fourth-order valence-corrected chi connectivity index (χ4v) is 2.93. The Hall–Kier alpha value is -1.58. The van der Waals surface area contributed by atoms with Gasteiger partial charge in [0.05, 0.1) is 7.11 Å². The van der Waals surface area contributed by atoms with E-state index in [1.807, 2.05) is 12.1 Å². The molecule has 3 nitrogen and oxygen atoms in total. The van der Waals surface area contributed by atoms with Gasteiger partial charge in [-0.05, 0) is 41.3 Å². The van der Waals surface area contributed by atoms with Crippen LogP contribution in [0.2, 0.25) is 0 Å². The third kappa shape index (κ3) is 3.04. The smallest absolute Gasteiger partial charge is 0.119 e. The van der Waals surface area contributed by atoms with Crippen molar-refractivity contribution < 1.29 is 9.84 Å². The minimum atomic E-state index is -0.211. The number of fused-ring (bicyclic) bond motifs is 1. The van der Waals surface area contributed by atoms with Gasteiger partial charge in [0, 0.05) is 18.1 Å². The van der Waals surface area contributed by atoms with Crippen molar-refractivity contribution in [3.8, 4) is 5.75 Å². The summed E-state index contributed by atoms with van der Waals surface area (Å²) in [5.74, 6) is 0.860. The highest BCUT2D eigenvalue weighted by atomic mass is 16.5. The van der Waals surface area contributed by atoms with Crippen molar-refractivity contribution >= 4 is 10.8 Å². The molecule has 0 fully saturated rings. The molecule has 0 heterocycles. The summed E-state index contributed by atoms with van der Waals surface area (Å²) in [4.78, 5) is 0. The van der Waals surface area contributed by atoms with Gasteiger partial charge in [-0.3, -0.25) is 0 Å². The molecule has 21 heavy (non-hydrogen) atoms. The maximum atomic E-state index is 9.42. The quantitative estimate of drug-likeness (QED) is 0.857. The summed E-state index contributed by atoms with van der Waals surface area (Å²) in [6, 6.07) is 12.5. The molecule has 3 N–H and O–H groups in total. The molecule has 3 heteroatoms. The van der Waals surface area contributed by atoms with Crippen molar-refractivity contribution in [3.05, 3.63) is 42.0 Å². The van der Waals surface area contributed by atoms with E-state index in [1.165, 1.54) is 10.9 Å². The maximum Gasteiger partial charge on any atom is 0.119 e. The first-order valence-electron chi connectivity index (χ1n) is 7.50. The Morgan fingerprint density at radius 1 is 1.19 bits per heavy atom. The molecule has 0 spiro atoms. The Morgan fingerprint density at radius 2 is 1.86 bits per heavy atom. The lowest BCUT2D eigenvalue weighted by Gasteiger charge is -2.35. The molecule has 0 aromatic heterocycles. The van der Waals surface area contributed by atoms with Crippen molar-refractivity contribution in [2.24, 2.45) is 5.73 Å². The lowest BCUT2D eigenvalue weighted by molar-refractivity contribution is 0.223. The summed E-state index contributed by atoms with van der Waals surface area (Å²) >= 11 is 0. The Morgan fingerprint density at radius 3 is 2.48 bits per heavy atom. The van der Waals surface area contributed by atoms with Gasteiger partial charge in [0.2, 0.25) is 0 Å². The predicted octanol–water partition coefficient (Wildman–Crippen LogP) is 3.23. The van der Waals surface area contributed by atoms with Crippen LogP contribution in [-0.4, -0.2) is 24.9 Å². The number of ether oxygens (including phenoxy) is 1. The Balaban J connectivity index is 2.49. The first-order chi connectivity index (χ1) is 10.0. The topological polar surface area (TPSA) is 55.5 Å². The van der Waals surface area contributed by atoms with Crippen LogP contribution in [0.1, 0.15) is 32.3 Å². The molecule has 2 unspecified atom stereocenters. The van der Waals surface area contributed by atoms with Crippen LogP contribution in [0.4, 0.5) is 0 Å². The normalized spacial score (nSPS) is 15.7. The van der Waals surface area contributed by atoms with Crippen molar-refractivity contribution in [2.45, 2.75) is 38.1 Å². The van der Waals surface area contributed by atoms with Crippen LogP contribution in [0, 0.1) is 0 Å². The van der Waals surface area contributed by atoms with Crippen LogP contribution < -0.4 is 10.5 Å². The molecular formula is C18H25NO2. The van der Waals surface area contributed by atoms with Gasteiger partial charge in [-0.15, -0.1) is 0 Å². The SMILES string of the molecule is CCC(N)C(C)(CCO)c1ccc2cc(OC)ccc2c1. The highest BCUT2D eigenvalue weighted by molar-refractivity contribution is 5.84. The highest BCUT2D eigenvalue weighted by Gasteiger charge is 2.32. The second-order valence-corrected chi connectivity index (χ2v) is 5.83. The van der Waals surface area contributed by atoms with E-state index in [0.29, 0.717) is 6.42 Å². The summed E-state index contributed by atoms with van der Waals surface area (Å²) < 4.78 is 5.26. The molecule has 2 aromatic carbocycles. The van der Waals surface area contributed by atoms with E-state index in [0.717, 1.165) is 17.6 Å². The van der Waals surface area contributed by atoms with Crippen molar-refractivity contribution in [3.63, 3.8) is 0 Å². The number of rotatable bonds is 6. The number of benzene rings is 2. The van der Waals surface area contributed by atoms with Crippen LogP contribution in [0.5, 0.6) is 5.75 Å². The largest absolute Gasteiger partial charge is 0.497 e. The van der Waals surface area contributed by atoms with E-state index >= 15 is 0 Å². The van der Waals surface area contributed by atoms with E-state index in [9.17, 15) is 5.11 Å². The van der Waals surface area contributed by atoms with Crippen molar-refractivity contribution in [2.75, 3.05) is 13.7 Å². The van der Waals surface area contributed by atoms with E-state index in [2.05, 4.69) is 38.1 Å². The number of nitrogens with two attached hydrogens (primary N) is 1. The number of aliphatic hydroxyl groups excluding tert-OH is 1. The lowest BCUT2D eigenvalue weighted by Crippen LogP contribution is -2.43. The number of methoxy groups -OCH3 is 1. The average molecular weight is 287 g/mol. The van der Waals surface area contributed by atoms with E-state index < -0.39 is 0 Å². The molecule has 0 amide bonds. The second kappa shape index (κ2) is 6.46. The zero-order valence-electron chi connectivity index (χ0n) is 13.1. The molecule has 0 aliphatic carbocycles. The number of hydrogen-bond acceptors (Lipinski definition) is 3. The number of aliphatic hydroxyl groups is 1. The number of hydrogen-bond donors (Lipinski definition) is 2. The second-order valence-electron chi connectivity index (χ2n) is 5.83. The van der Waals surface area contributed by atoms with Crippen molar-refractivity contribution in [1.29, 1.82) is 0 Å². The standard InChI is InChI=1S/C18H25NO2/c1-4-17(19)18(2,9-10-20)15-7-5-14-12-16(21-3)8-6-13(14)11-15/h5-8,11-12,17,20H,4,9-10,19H2,1-3H3. The van der Waals surface area contributed by atoms with Gasteiger partial charge in [0.25, 0.3) is 0 Å². The predicted molar refractivity (Wildman–Crippen MR) is 87.8 cm³/mol. The summed E-state index contributed by atoms with van der Waals surface area (Å²) in [6.07, 6.45) is 1.56. The highest BCUT2D eigenvalue weighted by Crippen LogP contribution is 2.34. The summed E-state index contributed by atoms with van der Waals surface area (Å²) in [5.41, 5.74) is 7.30. The minimum Gasteiger partial charge on any atom is -0.497 e. The summed E-state index contributed by atoms with van der Waals surface area (Å²) in [7, 11) is 1.67. The molecule has 0 saturated heterocycles. The van der Waals surface area contributed by atoms with E-state index in [-0.39, 0.29) is 18.1 Å². The van der Waals surface area contributed by atoms with Crippen LogP contribution in [-0.2, 0) is 5.41 Å². The summed E-state index contributed by atoms with van der Waals surface area (Å²) in [5, 5.41) is 11.7. The zero-order valence-corrected chi connectivity index (χ0v) is 13.1. The van der Waals surface area contributed by atoms with Gasteiger partial charge in [-0.1, -0.05) is 38.1 Å². The van der Waals surface area contributed by atoms with E-state index in [4.69, 9.17) is 10.5 Å². The van der Waals surface area contributed by atoms with Gasteiger partial charge >= 0.3 is 0 Å². The molecule has 2 aromatic rings.